The molecule has 2 saturated heterocycles. The molecule has 0 saturated carbocycles. The van der Waals surface area contributed by atoms with E-state index in [1.54, 1.807) is 0 Å². The first kappa shape index (κ1) is 13.6. The molecule has 2 aliphatic rings. The maximum atomic E-state index is 12.8. The number of hydrogen-bond acceptors (Lipinski definition) is 4. The summed E-state index contributed by atoms with van der Waals surface area (Å²) in [7, 11) is 0. The number of nitrogens with one attached hydrogen (secondary N) is 1. The van der Waals surface area contributed by atoms with Crippen LogP contribution >= 0.6 is 0 Å². The highest BCUT2D eigenvalue weighted by Gasteiger charge is 2.63. The van der Waals surface area contributed by atoms with Crippen LogP contribution in [-0.2, 0) is 4.79 Å². The third kappa shape index (κ3) is 1.98. The topological polar surface area (TPSA) is 72.8 Å². The van der Waals surface area contributed by atoms with Crippen molar-refractivity contribution in [3.8, 4) is 0 Å². The van der Waals surface area contributed by atoms with Gasteiger partial charge >= 0.3 is 6.18 Å². The fraction of sp³-hybridized carbons (Fsp3) is 0.900. The molecule has 0 unspecified atom stereocenters. The summed E-state index contributed by atoms with van der Waals surface area (Å²) in [6, 6.07) is 0. The number of amides is 1. The van der Waals surface area contributed by atoms with Gasteiger partial charge in [-0.2, -0.15) is 13.2 Å². The second-order valence-corrected chi connectivity index (χ2v) is 5.20. The molecule has 0 spiro atoms. The highest BCUT2D eigenvalue weighted by atomic mass is 19.4. The zero-order valence-corrected chi connectivity index (χ0v) is 9.79. The molecule has 3 atom stereocenters. The van der Waals surface area contributed by atoms with Crippen molar-refractivity contribution in [3.05, 3.63) is 0 Å². The average Bonchev–Trinajstić information content (AvgIpc) is 2.18. The second kappa shape index (κ2) is 3.82. The number of aliphatic hydroxyl groups excluding tert-OH is 1. The number of nitrogens with zero attached hydrogens (tertiary/aromatic N) is 1. The Labute approximate surface area is 102 Å². The van der Waals surface area contributed by atoms with Crippen LogP contribution in [0.2, 0.25) is 0 Å². The molecule has 0 aromatic carbocycles. The van der Waals surface area contributed by atoms with Crippen molar-refractivity contribution in [2.45, 2.75) is 43.3 Å². The fourth-order valence-corrected chi connectivity index (χ4v) is 2.62. The Hall–Kier alpha value is -0.860. The standard InChI is InChI=1S/C10H15F3N2O3/c1-8-5-9(18,10(11,12)13)2-7(17)15(8)4-6(16)3-14-8/h6,14,16,18H,2-5H2,1H3/t6-,8+,9-/m0/s1. The van der Waals surface area contributed by atoms with Gasteiger partial charge in [-0.3, -0.25) is 10.1 Å². The number of hydrogen-bond donors (Lipinski definition) is 3. The van der Waals surface area contributed by atoms with Crippen molar-refractivity contribution in [1.29, 1.82) is 0 Å². The molecular formula is C10H15F3N2O3. The van der Waals surface area contributed by atoms with Crippen molar-refractivity contribution in [2.24, 2.45) is 0 Å². The first-order valence-electron chi connectivity index (χ1n) is 5.60. The first-order valence-corrected chi connectivity index (χ1v) is 5.60. The number of rotatable bonds is 0. The van der Waals surface area contributed by atoms with E-state index in [4.69, 9.17) is 0 Å². The van der Waals surface area contributed by atoms with Crippen LogP contribution in [0.1, 0.15) is 19.8 Å². The normalized spacial score (nSPS) is 41.8. The van der Waals surface area contributed by atoms with E-state index in [0.29, 0.717) is 0 Å². The molecule has 18 heavy (non-hydrogen) atoms. The summed E-state index contributed by atoms with van der Waals surface area (Å²) in [5.41, 5.74) is -4.29. The predicted molar refractivity (Wildman–Crippen MR) is 54.4 cm³/mol. The Morgan fingerprint density at radius 2 is 2.11 bits per heavy atom. The number of carbonyl (C=O) groups is 1. The maximum Gasteiger partial charge on any atom is 0.417 e. The monoisotopic (exact) mass is 268 g/mol. The van der Waals surface area contributed by atoms with Crippen molar-refractivity contribution in [2.75, 3.05) is 13.1 Å². The van der Waals surface area contributed by atoms with Gasteiger partial charge in [-0.05, 0) is 6.92 Å². The van der Waals surface area contributed by atoms with E-state index in [1.165, 1.54) is 11.8 Å². The van der Waals surface area contributed by atoms with Crippen LogP contribution < -0.4 is 5.32 Å². The third-order valence-electron chi connectivity index (χ3n) is 3.62. The van der Waals surface area contributed by atoms with Gasteiger partial charge in [-0.1, -0.05) is 0 Å². The van der Waals surface area contributed by atoms with Crippen LogP contribution in [-0.4, -0.2) is 57.7 Å². The van der Waals surface area contributed by atoms with Crippen molar-refractivity contribution in [3.63, 3.8) is 0 Å². The van der Waals surface area contributed by atoms with Gasteiger partial charge in [0.05, 0.1) is 18.2 Å². The van der Waals surface area contributed by atoms with Crippen LogP contribution in [0.4, 0.5) is 13.2 Å². The Bertz CT molecular complexity index is 376. The lowest BCUT2D eigenvalue weighted by Gasteiger charge is -2.54. The van der Waals surface area contributed by atoms with E-state index in [-0.39, 0.29) is 13.1 Å². The van der Waals surface area contributed by atoms with Gasteiger partial charge in [0.25, 0.3) is 0 Å². The van der Waals surface area contributed by atoms with Gasteiger partial charge in [0.1, 0.15) is 0 Å². The molecule has 0 radical (unpaired) electrons. The maximum absolute atomic E-state index is 12.8. The lowest BCUT2D eigenvalue weighted by atomic mass is 9.80. The van der Waals surface area contributed by atoms with Gasteiger partial charge in [0.2, 0.25) is 5.91 Å². The highest BCUT2D eigenvalue weighted by molar-refractivity contribution is 5.79. The van der Waals surface area contributed by atoms with Crippen molar-refractivity contribution < 1.29 is 28.2 Å². The SMILES string of the molecule is C[C@]12C[C@](O)(C(F)(F)F)CC(=O)N1C[C@@H](O)CN2. The smallest absolute Gasteiger partial charge is 0.390 e. The quantitative estimate of drug-likeness (QED) is 0.558. The molecule has 0 aliphatic carbocycles. The van der Waals surface area contributed by atoms with E-state index < -0.39 is 42.3 Å². The van der Waals surface area contributed by atoms with E-state index >= 15 is 0 Å². The fourth-order valence-electron chi connectivity index (χ4n) is 2.62. The molecule has 0 aromatic heterocycles. The number of carbonyl (C=O) groups excluding carboxylic acids is 1. The Kier molecular flexibility index (Phi) is 2.88. The molecule has 2 rings (SSSR count). The molecule has 2 heterocycles. The first-order chi connectivity index (χ1) is 8.07. The van der Waals surface area contributed by atoms with Crippen LogP contribution in [0.3, 0.4) is 0 Å². The number of alkyl halides is 3. The Morgan fingerprint density at radius 1 is 1.50 bits per heavy atom. The van der Waals surface area contributed by atoms with Gasteiger partial charge in [0.15, 0.2) is 5.60 Å². The number of halogens is 3. The lowest BCUT2D eigenvalue weighted by Crippen LogP contribution is -2.74. The van der Waals surface area contributed by atoms with E-state index in [1.807, 2.05) is 0 Å². The summed E-state index contributed by atoms with van der Waals surface area (Å²) in [6.45, 7) is 1.50. The van der Waals surface area contributed by atoms with Crippen molar-refractivity contribution in [1.82, 2.24) is 10.2 Å². The van der Waals surface area contributed by atoms with Crippen molar-refractivity contribution >= 4 is 5.91 Å². The molecule has 0 bridgehead atoms. The summed E-state index contributed by atoms with van der Waals surface area (Å²) in [5.74, 6) is -0.810. The summed E-state index contributed by atoms with van der Waals surface area (Å²) < 4.78 is 38.4. The predicted octanol–water partition coefficient (Wildman–Crippen LogP) is -0.418. The molecule has 2 fully saturated rings. The highest BCUT2D eigenvalue weighted by Crippen LogP contribution is 2.44. The molecule has 0 aromatic rings. The number of aliphatic hydroxyl groups is 2. The van der Waals surface area contributed by atoms with Crippen LogP contribution in [0.25, 0.3) is 0 Å². The second-order valence-electron chi connectivity index (χ2n) is 5.20. The van der Waals surface area contributed by atoms with E-state index in [9.17, 15) is 28.2 Å². The lowest BCUT2D eigenvalue weighted by molar-refractivity contribution is -0.284. The largest absolute Gasteiger partial charge is 0.417 e. The Balaban J connectivity index is 2.30. The minimum Gasteiger partial charge on any atom is -0.390 e. The van der Waals surface area contributed by atoms with Crippen LogP contribution in [0.5, 0.6) is 0 Å². The average molecular weight is 268 g/mol. The van der Waals surface area contributed by atoms with Gasteiger partial charge in [-0.15, -0.1) is 0 Å². The minimum absolute atomic E-state index is 0.0176. The summed E-state index contributed by atoms with van der Waals surface area (Å²) in [4.78, 5) is 12.9. The molecule has 1 amide bonds. The third-order valence-corrected chi connectivity index (χ3v) is 3.62. The molecule has 5 nitrogen and oxygen atoms in total. The summed E-state index contributed by atoms with van der Waals surface area (Å²) >= 11 is 0. The molecule has 2 aliphatic heterocycles. The van der Waals surface area contributed by atoms with Crippen LogP contribution in [0.15, 0.2) is 0 Å². The Morgan fingerprint density at radius 3 is 2.67 bits per heavy atom. The van der Waals surface area contributed by atoms with Gasteiger partial charge < -0.3 is 15.1 Å². The molecular weight excluding hydrogens is 253 g/mol. The summed E-state index contributed by atoms with van der Waals surface area (Å²) in [5, 5.41) is 21.8. The van der Waals surface area contributed by atoms with Gasteiger partial charge in [-0.25, -0.2) is 0 Å². The number of fused-ring (bicyclic) bond motifs is 1. The molecule has 8 heteroatoms. The molecule has 104 valence electrons. The summed E-state index contributed by atoms with van der Waals surface area (Å²) in [6.07, 6.45) is -7.29. The minimum atomic E-state index is -4.85. The van der Waals surface area contributed by atoms with Crippen LogP contribution in [0, 0.1) is 0 Å². The molecule has 3 N–H and O–H groups in total. The zero-order valence-electron chi connectivity index (χ0n) is 9.79. The number of β-amino-alcohol motifs (C(OH)–C–C–N with tert-alkyl or cyclic N) is 1. The van der Waals surface area contributed by atoms with E-state index in [2.05, 4.69) is 5.32 Å². The van der Waals surface area contributed by atoms with Gasteiger partial charge in [0, 0.05) is 19.5 Å². The zero-order chi connectivity index (χ0) is 13.8. The van der Waals surface area contributed by atoms with E-state index in [0.717, 1.165) is 0 Å². The number of piperidine rings is 1.